The van der Waals surface area contributed by atoms with E-state index in [2.05, 4.69) is 5.32 Å². The van der Waals surface area contributed by atoms with Crippen molar-refractivity contribution in [2.24, 2.45) is 0 Å². The third-order valence-electron chi connectivity index (χ3n) is 4.12. The summed E-state index contributed by atoms with van der Waals surface area (Å²) in [6.07, 6.45) is 1.06. The molecule has 2 rings (SSSR count). The van der Waals surface area contributed by atoms with E-state index < -0.39 is 15.9 Å². The number of carbonyl (C=O) groups excluding carboxylic acids is 1. The minimum Gasteiger partial charge on any atom is -0.497 e. The average Bonchev–Trinajstić information content (AvgIpc) is 2.61. The van der Waals surface area contributed by atoms with E-state index in [1.54, 1.807) is 38.3 Å². The van der Waals surface area contributed by atoms with Crippen molar-refractivity contribution in [1.29, 1.82) is 0 Å². The molecular formula is C19H23ClN2O4S. The van der Waals surface area contributed by atoms with Crippen LogP contribution in [0, 0.1) is 6.92 Å². The Morgan fingerprint density at radius 2 is 1.85 bits per heavy atom. The van der Waals surface area contributed by atoms with Gasteiger partial charge in [0.05, 0.1) is 25.1 Å². The van der Waals surface area contributed by atoms with E-state index in [9.17, 15) is 13.2 Å². The maximum atomic E-state index is 12.5. The smallest absolute Gasteiger partial charge is 0.241 e. The molecule has 6 nitrogen and oxygen atoms in total. The molecule has 0 bridgehead atoms. The topological polar surface area (TPSA) is 75.7 Å². The number of halogens is 1. The number of aryl methyl sites for hydroxylation is 1. The van der Waals surface area contributed by atoms with Crippen molar-refractivity contribution in [1.82, 2.24) is 5.32 Å². The summed E-state index contributed by atoms with van der Waals surface area (Å²) in [6.45, 7) is 3.26. The van der Waals surface area contributed by atoms with Crippen LogP contribution in [0.15, 0.2) is 42.5 Å². The maximum absolute atomic E-state index is 12.5. The molecule has 8 heteroatoms. The van der Waals surface area contributed by atoms with Gasteiger partial charge in [0.25, 0.3) is 0 Å². The zero-order valence-electron chi connectivity index (χ0n) is 15.7. The van der Waals surface area contributed by atoms with Gasteiger partial charge in [0.1, 0.15) is 12.3 Å². The van der Waals surface area contributed by atoms with E-state index >= 15 is 0 Å². The number of methoxy groups -OCH3 is 1. The summed E-state index contributed by atoms with van der Waals surface area (Å²) in [6, 6.07) is 11.9. The van der Waals surface area contributed by atoms with Gasteiger partial charge in [-0.25, -0.2) is 8.42 Å². The summed E-state index contributed by atoms with van der Waals surface area (Å²) < 4.78 is 30.7. The Kier molecular flexibility index (Phi) is 6.73. The molecule has 27 heavy (non-hydrogen) atoms. The SMILES string of the molecule is COc1ccc([C@H](C)NC(=O)CN(c2cc(Cl)ccc2C)S(C)(=O)=O)cc1. The number of rotatable bonds is 7. The number of hydrogen-bond donors (Lipinski definition) is 1. The van der Waals surface area contributed by atoms with Crippen LogP contribution in [0.3, 0.4) is 0 Å². The first-order valence-electron chi connectivity index (χ1n) is 8.29. The van der Waals surface area contributed by atoms with Crippen molar-refractivity contribution in [2.75, 3.05) is 24.2 Å². The minimum atomic E-state index is -3.66. The molecule has 0 spiro atoms. The van der Waals surface area contributed by atoms with Crippen LogP contribution in [0.2, 0.25) is 5.02 Å². The van der Waals surface area contributed by atoms with Crippen molar-refractivity contribution in [3.63, 3.8) is 0 Å². The number of sulfonamides is 1. The number of carbonyl (C=O) groups is 1. The number of ether oxygens (including phenoxy) is 1. The lowest BCUT2D eigenvalue weighted by Crippen LogP contribution is -2.41. The largest absolute Gasteiger partial charge is 0.497 e. The van der Waals surface area contributed by atoms with Crippen molar-refractivity contribution in [3.05, 3.63) is 58.6 Å². The lowest BCUT2D eigenvalue weighted by molar-refractivity contribution is -0.120. The van der Waals surface area contributed by atoms with Crippen LogP contribution in [0.4, 0.5) is 5.69 Å². The summed E-state index contributed by atoms with van der Waals surface area (Å²) in [4.78, 5) is 12.5. The van der Waals surface area contributed by atoms with Gasteiger partial charge in [0.15, 0.2) is 0 Å². The molecule has 1 amide bonds. The normalized spacial score (nSPS) is 12.3. The number of amides is 1. The number of anilines is 1. The van der Waals surface area contributed by atoms with Gasteiger partial charge in [-0.05, 0) is 49.2 Å². The van der Waals surface area contributed by atoms with Gasteiger partial charge in [-0.15, -0.1) is 0 Å². The highest BCUT2D eigenvalue weighted by molar-refractivity contribution is 7.92. The summed E-state index contributed by atoms with van der Waals surface area (Å²) in [5, 5.41) is 3.22. The van der Waals surface area contributed by atoms with Gasteiger partial charge >= 0.3 is 0 Å². The second kappa shape index (κ2) is 8.63. The van der Waals surface area contributed by atoms with Gasteiger partial charge in [-0.3, -0.25) is 9.10 Å². The standard InChI is InChI=1S/C19H23ClN2O4S/c1-13-5-8-16(20)11-18(13)22(27(4,24)25)12-19(23)21-14(2)15-6-9-17(26-3)10-7-15/h5-11,14H,12H2,1-4H3,(H,21,23)/t14-/m0/s1. The third kappa shape index (κ3) is 5.61. The van der Waals surface area contributed by atoms with Crippen molar-refractivity contribution >= 4 is 33.2 Å². The van der Waals surface area contributed by atoms with Crippen LogP contribution < -0.4 is 14.4 Å². The monoisotopic (exact) mass is 410 g/mol. The van der Waals surface area contributed by atoms with E-state index in [1.165, 1.54) is 6.07 Å². The van der Waals surface area contributed by atoms with Gasteiger partial charge in [0.2, 0.25) is 15.9 Å². The Hall–Kier alpha value is -2.25. The van der Waals surface area contributed by atoms with Gasteiger partial charge in [-0.1, -0.05) is 29.8 Å². The van der Waals surface area contributed by atoms with E-state index in [1.807, 2.05) is 19.1 Å². The lowest BCUT2D eigenvalue weighted by Gasteiger charge is -2.25. The number of hydrogen-bond acceptors (Lipinski definition) is 4. The fraction of sp³-hybridized carbons (Fsp3) is 0.316. The second-order valence-corrected chi connectivity index (χ2v) is 8.61. The molecule has 0 unspecified atom stereocenters. The minimum absolute atomic E-state index is 0.287. The molecule has 2 aromatic rings. The molecular weight excluding hydrogens is 388 g/mol. The van der Waals surface area contributed by atoms with Gasteiger partial charge < -0.3 is 10.1 Å². The molecule has 2 aromatic carbocycles. The molecule has 0 radical (unpaired) electrons. The first-order chi connectivity index (χ1) is 12.6. The number of nitrogens with one attached hydrogen (secondary N) is 1. The van der Waals surface area contributed by atoms with E-state index in [4.69, 9.17) is 16.3 Å². The van der Waals surface area contributed by atoms with Crippen molar-refractivity contribution < 1.29 is 17.9 Å². The predicted octanol–water partition coefficient (Wildman–Crippen LogP) is 3.30. The molecule has 0 aliphatic carbocycles. The Morgan fingerprint density at radius 3 is 2.41 bits per heavy atom. The number of benzene rings is 2. The predicted molar refractivity (Wildman–Crippen MR) is 108 cm³/mol. The number of nitrogens with zero attached hydrogens (tertiary/aromatic N) is 1. The first-order valence-corrected chi connectivity index (χ1v) is 10.5. The van der Waals surface area contributed by atoms with E-state index in [-0.39, 0.29) is 12.6 Å². The lowest BCUT2D eigenvalue weighted by atomic mass is 10.1. The van der Waals surface area contributed by atoms with Gasteiger partial charge in [-0.2, -0.15) is 0 Å². The highest BCUT2D eigenvalue weighted by atomic mass is 35.5. The Labute approximate surface area is 165 Å². The highest BCUT2D eigenvalue weighted by Gasteiger charge is 2.23. The molecule has 0 aliphatic heterocycles. The molecule has 0 aromatic heterocycles. The summed E-state index contributed by atoms with van der Waals surface area (Å²) >= 11 is 6.00. The third-order valence-corrected chi connectivity index (χ3v) is 5.48. The van der Waals surface area contributed by atoms with E-state index in [0.717, 1.165) is 21.9 Å². The van der Waals surface area contributed by atoms with Crippen molar-refractivity contribution in [2.45, 2.75) is 19.9 Å². The van der Waals surface area contributed by atoms with E-state index in [0.29, 0.717) is 16.3 Å². The summed E-state index contributed by atoms with van der Waals surface area (Å²) in [5.41, 5.74) is 1.98. The summed E-state index contributed by atoms with van der Waals surface area (Å²) in [7, 11) is -2.08. The molecule has 146 valence electrons. The molecule has 0 saturated heterocycles. The zero-order valence-corrected chi connectivity index (χ0v) is 17.3. The van der Waals surface area contributed by atoms with Crippen LogP contribution in [-0.4, -0.2) is 34.2 Å². The summed E-state index contributed by atoms with van der Waals surface area (Å²) in [5.74, 6) is 0.306. The average molecular weight is 411 g/mol. The van der Waals surface area contributed by atoms with Crippen LogP contribution in [-0.2, 0) is 14.8 Å². The van der Waals surface area contributed by atoms with Crippen LogP contribution in [0.1, 0.15) is 24.1 Å². The molecule has 0 fully saturated rings. The fourth-order valence-electron chi connectivity index (χ4n) is 2.63. The Morgan fingerprint density at radius 1 is 1.22 bits per heavy atom. The molecule has 0 aliphatic rings. The van der Waals surface area contributed by atoms with Gasteiger partial charge in [0, 0.05) is 5.02 Å². The van der Waals surface area contributed by atoms with Crippen LogP contribution >= 0.6 is 11.6 Å². The quantitative estimate of drug-likeness (QED) is 0.759. The maximum Gasteiger partial charge on any atom is 0.241 e. The second-order valence-electron chi connectivity index (χ2n) is 6.26. The highest BCUT2D eigenvalue weighted by Crippen LogP contribution is 2.26. The molecule has 1 atom stereocenters. The first kappa shape index (κ1) is 21.1. The molecule has 0 heterocycles. The Balaban J connectivity index is 2.17. The van der Waals surface area contributed by atoms with Crippen molar-refractivity contribution in [3.8, 4) is 5.75 Å². The Bertz CT molecular complexity index is 914. The fourth-order valence-corrected chi connectivity index (χ4v) is 3.70. The zero-order chi connectivity index (χ0) is 20.2. The van der Waals surface area contributed by atoms with Crippen LogP contribution in [0.5, 0.6) is 5.75 Å². The molecule has 1 N–H and O–H groups in total. The van der Waals surface area contributed by atoms with Crippen LogP contribution in [0.25, 0.3) is 0 Å². The molecule has 0 saturated carbocycles.